The fraction of sp³-hybridized carbons (Fsp3) is 0.467. The lowest BCUT2D eigenvalue weighted by atomic mass is 9.95. The van der Waals surface area contributed by atoms with Crippen molar-refractivity contribution in [2.24, 2.45) is 10.9 Å². The Hall–Kier alpha value is -5.54. The molecule has 4 heterocycles. The van der Waals surface area contributed by atoms with Gasteiger partial charge in [-0.1, -0.05) is 69.4 Å². The number of ether oxygens (including phenoxy) is 3. The number of H-pyrrole nitrogens is 1. The first-order valence-electron chi connectivity index (χ1n) is 20.7. The average Bonchev–Trinajstić information content (AvgIpc) is 4.06. The maximum absolute atomic E-state index is 14.3. The van der Waals surface area contributed by atoms with E-state index in [-0.39, 0.29) is 29.8 Å². The first-order valence-corrected chi connectivity index (χ1v) is 24.1. The number of hydrogen-bond donors (Lipinski definition) is 3. The number of hydrogen-bond acceptors (Lipinski definition) is 9. The van der Waals surface area contributed by atoms with Crippen LogP contribution in [0.1, 0.15) is 64.4 Å². The predicted molar refractivity (Wildman–Crippen MR) is 235 cm³/mol. The quantitative estimate of drug-likeness (QED) is 0.133. The number of aromatic amines is 1. The molecular weight excluding hydrogens is 779 g/mol. The van der Waals surface area contributed by atoms with Crippen molar-refractivity contribution in [2.45, 2.75) is 95.9 Å². The number of likely N-dealkylation sites (tertiary alicyclic amines) is 1. The minimum absolute atomic E-state index is 0.0914. The molecule has 0 unspecified atom stereocenters. The molecule has 3 aliphatic heterocycles. The smallest absolute Gasteiger partial charge is 0.407 e. The summed E-state index contributed by atoms with van der Waals surface area (Å²) in [5.41, 5.74) is 6.06. The number of allylic oxidation sites excluding steroid dienone is 1. The van der Waals surface area contributed by atoms with Crippen molar-refractivity contribution in [1.82, 2.24) is 30.4 Å². The maximum atomic E-state index is 14.3. The molecule has 0 radical (unpaired) electrons. The molecule has 3 aromatic carbocycles. The highest BCUT2D eigenvalue weighted by molar-refractivity contribution is 6.78. The second-order valence-corrected chi connectivity index (χ2v) is 22.9. The lowest BCUT2D eigenvalue weighted by Gasteiger charge is -2.36. The molecule has 14 nitrogen and oxygen atoms in total. The highest BCUT2D eigenvalue weighted by Gasteiger charge is 2.48. The Morgan fingerprint density at radius 2 is 1.55 bits per heavy atom. The van der Waals surface area contributed by atoms with Crippen molar-refractivity contribution in [2.75, 3.05) is 34.0 Å². The molecule has 0 spiro atoms. The van der Waals surface area contributed by atoms with Gasteiger partial charge in [0.15, 0.2) is 0 Å². The van der Waals surface area contributed by atoms with Crippen LogP contribution in [0, 0.1) is 5.92 Å². The minimum atomic E-state index is -1.84. The van der Waals surface area contributed by atoms with Crippen LogP contribution in [-0.2, 0) is 23.8 Å². The molecule has 4 amide bonds. The van der Waals surface area contributed by atoms with Gasteiger partial charge in [0.1, 0.15) is 17.9 Å². The van der Waals surface area contributed by atoms with E-state index in [4.69, 9.17) is 24.2 Å². The number of imidazole rings is 1. The van der Waals surface area contributed by atoms with Crippen molar-refractivity contribution in [3.8, 4) is 11.1 Å². The second kappa shape index (κ2) is 16.8. The molecule has 0 saturated carbocycles. The Balaban J connectivity index is 1.07. The van der Waals surface area contributed by atoms with E-state index >= 15 is 0 Å². The molecule has 4 aromatic rings. The van der Waals surface area contributed by atoms with Crippen LogP contribution in [0.4, 0.5) is 9.59 Å². The van der Waals surface area contributed by atoms with Crippen LogP contribution < -0.4 is 10.6 Å². The van der Waals surface area contributed by atoms with Crippen LogP contribution in [-0.4, -0.2) is 115 Å². The molecule has 0 bridgehead atoms. The Morgan fingerprint density at radius 3 is 2.23 bits per heavy atom. The molecule has 15 heteroatoms. The van der Waals surface area contributed by atoms with Gasteiger partial charge in [0.2, 0.25) is 11.8 Å². The van der Waals surface area contributed by atoms with E-state index in [0.717, 1.165) is 74.5 Å². The van der Waals surface area contributed by atoms with Crippen LogP contribution in [0.5, 0.6) is 0 Å². The summed E-state index contributed by atoms with van der Waals surface area (Å²) in [4.78, 5) is 69.5. The Morgan fingerprint density at radius 1 is 0.867 bits per heavy atom. The highest BCUT2D eigenvalue weighted by Crippen LogP contribution is 2.40. The Kier molecular flexibility index (Phi) is 12.0. The number of rotatable bonds is 11. The summed E-state index contributed by atoms with van der Waals surface area (Å²) in [6.07, 6.45) is 3.61. The number of alkyl carbamates (subject to hydrolysis) is 2. The van der Waals surface area contributed by atoms with Gasteiger partial charge >= 0.3 is 12.2 Å². The number of amides is 4. The lowest BCUT2D eigenvalue weighted by Crippen LogP contribution is -2.59. The van der Waals surface area contributed by atoms with Crippen LogP contribution in [0.2, 0.25) is 19.1 Å². The van der Waals surface area contributed by atoms with Crippen molar-refractivity contribution in [3.05, 3.63) is 72.2 Å². The number of methoxy groups -OCH3 is 3. The zero-order valence-corrected chi connectivity index (χ0v) is 37.0. The number of carbonyl (C=O) groups excluding carboxylic acids is 4. The van der Waals surface area contributed by atoms with Crippen LogP contribution >= 0.6 is 0 Å². The molecule has 3 N–H and O–H groups in total. The number of benzene rings is 3. The monoisotopic (exact) mass is 835 g/mol. The Bertz CT molecular complexity index is 2370. The zero-order chi connectivity index (χ0) is 43.1. The molecule has 4 atom stereocenters. The van der Waals surface area contributed by atoms with E-state index in [1.54, 1.807) is 13.8 Å². The standard InChI is InChI=1S/C45H57N7O7Si/c1-26(2)37(49-43(55)57-5)41(53)51-20-10-11-35(51)34-22-31(23-46-34)28-14-12-27(13-15-28)29-16-18-32-30(21-29)17-19-33-38(32)48-40(47-33)36-24-60(8,9)25-52(36)42(54)39(45(3,4)59-7)50-44(56)58-6/h12-19,21,23,26,35-37,39H,10-11,20,22,24-25H2,1-9H3,(H,47,48)(H,49,55)(H,50,56)/t35-,36-,37-,39-/m0/s1. The van der Waals surface area contributed by atoms with E-state index < -0.39 is 37.9 Å². The average molecular weight is 836 g/mol. The highest BCUT2D eigenvalue weighted by atomic mass is 28.3. The van der Waals surface area contributed by atoms with Gasteiger partial charge < -0.3 is 39.6 Å². The zero-order valence-electron chi connectivity index (χ0n) is 36.0. The molecule has 2 saturated heterocycles. The summed E-state index contributed by atoms with van der Waals surface area (Å²) in [6.45, 7) is 12.6. The topological polar surface area (TPSA) is 168 Å². The van der Waals surface area contributed by atoms with Crippen LogP contribution in [0.25, 0.3) is 38.5 Å². The van der Waals surface area contributed by atoms with Crippen LogP contribution in [0.3, 0.4) is 0 Å². The van der Waals surface area contributed by atoms with Gasteiger partial charge in [0, 0.05) is 43.5 Å². The number of carbonyl (C=O) groups is 4. The summed E-state index contributed by atoms with van der Waals surface area (Å²) >= 11 is 0. The summed E-state index contributed by atoms with van der Waals surface area (Å²) in [6, 6.07) is 17.9. The van der Waals surface area contributed by atoms with Gasteiger partial charge in [-0.15, -0.1) is 0 Å². The summed E-state index contributed by atoms with van der Waals surface area (Å²) in [7, 11) is 2.26. The first-order chi connectivity index (χ1) is 28.5. The van der Waals surface area contributed by atoms with Crippen LogP contribution in [0.15, 0.2) is 65.8 Å². The maximum Gasteiger partial charge on any atom is 0.407 e. The van der Waals surface area contributed by atoms with Gasteiger partial charge in [0.05, 0.1) is 51.0 Å². The molecular formula is C45H57N7O7Si. The molecule has 1 aromatic heterocycles. The number of aliphatic imine (C=N–C) groups is 1. The van der Waals surface area contributed by atoms with E-state index in [2.05, 4.69) is 77.2 Å². The normalized spacial score (nSPS) is 20.0. The third-order valence-electron chi connectivity index (χ3n) is 12.4. The molecule has 2 fully saturated rings. The van der Waals surface area contributed by atoms with Crippen molar-refractivity contribution in [1.29, 1.82) is 0 Å². The number of nitrogens with zero attached hydrogens (tertiary/aromatic N) is 4. The summed E-state index contributed by atoms with van der Waals surface area (Å²) in [5, 5.41) is 7.50. The number of aromatic nitrogens is 2. The summed E-state index contributed by atoms with van der Waals surface area (Å²) < 4.78 is 15.3. The molecule has 7 rings (SSSR count). The SMILES string of the molecule is COC(=O)N[C@H](C(=O)N1CCC[C@H]1C1=NC=C(c2ccc(-c3ccc4c(ccc5[nH]c([C@@H]6C[Si](C)(C)CN6C(=O)[C@H](NC(=O)OC)C(C)(C)OC)nc54)c3)cc2)C1)C(C)C. The third kappa shape index (κ3) is 8.42. The van der Waals surface area contributed by atoms with Gasteiger partial charge in [-0.25, -0.2) is 14.6 Å². The van der Waals surface area contributed by atoms with Gasteiger partial charge in [-0.05, 0) is 78.4 Å². The first kappa shape index (κ1) is 42.6. The van der Waals surface area contributed by atoms with Crippen molar-refractivity contribution < 1.29 is 33.4 Å². The molecule has 0 aliphatic carbocycles. The predicted octanol–water partition coefficient (Wildman–Crippen LogP) is 7.22. The van der Waals surface area contributed by atoms with E-state index in [1.165, 1.54) is 21.3 Å². The fourth-order valence-electron chi connectivity index (χ4n) is 8.86. The molecule has 318 valence electrons. The van der Waals surface area contributed by atoms with Gasteiger partial charge in [-0.2, -0.15) is 0 Å². The Labute approximate surface area is 352 Å². The summed E-state index contributed by atoms with van der Waals surface area (Å²) in [5.74, 6) is 0.303. The van der Waals surface area contributed by atoms with Gasteiger partial charge in [0.25, 0.3) is 0 Å². The van der Waals surface area contributed by atoms with Crippen molar-refractivity contribution in [3.63, 3.8) is 0 Å². The van der Waals surface area contributed by atoms with E-state index in [9.17, 15) is 19.2 Å². The third-order valence-corrected chi connectivity index (χ3v) is 15.1. The number of nitrogens with one attached hydrogen (secondary N) is 3. The largest absolute Gasteiger partial charge is 0.453 e. The number of fused-ring (bicyclic) bond motifs is 3. The lowest BCUT2D eigenvalue weighted by molar-refractivity contribution is -0.141. The minimum Gasteiger partial charge on any atom is -0.453 e. The van der Waals surface area contributed by atoms with E-state index in [1.807, 2.05) is 35.9 Å². The molecule has 3 aliphatic rings. The second-order valence-electron chi connectivity index (χ2n) is 17.8. The van der Waals surface area contributed by atoms with E-state index in [0.29, 0.717) is 19.1 Å². The van der Waals surface area contributed by atoms with Crippen molar-refractivity contribution >= 4 is 65.2 Å². The molecule has 60 heavy (non-hydrogen) atoms. The fourth-order valence-corrected chi connectivity index (χ4v) is 11.7. The van der Waals surface area contributed by atoms with Gasteiger partial charge in [-0.3, -0.25) is 14.6 Å².